The quantitative estimate of drug-likeness (QED) is 0.705. The molecule has 0 bridgehead atoms. The van der Waals surface area contributed by atoms with Crippen LogP contribution in [0.1, 0.15) is 17.7 Å². The van der Waals surface area contributed by atoms with Crippen molar-refractivity contribution >= 4 is 6.29 Å². The van der Waals surface area contributed by atoms with Crippen LogP contribution in [0.2, 0.25) is 0 Å². The molecule has 76 valence electrons. The second-order valence-electron chi connectivity index (χ2n) is 2.74. The van der Waals surface area contributed by atoms with Gasteiger partial charge in [-0.05, 0) is 18.6 Å². The van der Waals surface area contributed by atoms with Crippen LogP contribution in [0.5, 0.6) is 0 Å². The van der Waals surface area contributed by atoms with Crippen LogP contribution in [-0.4, -0.2) is 11.3 Å². The van der Waals surface area contributed by atoms with E-state index in [1.54, 1.807) is 0 Å². The van der Waals surface area contributed by atoms with Crippen LogP contribution >= 0.6 is 0 Å². The number of hydrogen-bond acceptors (Lipinski definition) is 2. The number of pyridine rings is 1. The number of rotatable bonds is 3. The van der Waals surface area contributed by atoms with Crippen molar-refractivity contribution in [3.8, 4) is 0 Å². The van der Waals surface area contributed by atoms with E-state index in [0.29, 0.717) is 18.4 Å². The number of aromatic nitrogens is 1. The maximum absolute atomic E-state index is 12.1. The Morgan fingerprint density at radius 1 is 1.36 bits per heavy atom. The molecule has 0 spiro atoms. The monoisotopic (exact) mass is 203 g/mol. The van der Waals surface area contributed by atoms with Gasteiger partial charge >= 0.3 is 6.18 Å². The molecule has 0 aliphatic carbocycles. The number of aldehydes is 1. The van der Waals surface area contributed by atoms with Crippen molar-refractivity contribution in [3.05, 3.63) is 29.6 Å². The van der Waals surface area contributed by atoms with Gasteiger partial charge in [-0.1, -0.05) is 0 Å². The highest BCUT2D eigenvalue weighted by molar-refractivity contribution is 5.49. The number of aryl methyl sites for hydroxylation is 1. The molecule has 1 aromatic heterocycles. The average molecular weight is 203 g/mol. The summed E-state index contributed by atoms with van der Waals surface area (Å²) in [5.74, 6) is 0. The first-order valence-corrected chi connectivity index (χ1v) is 4.00. The molecule has 14 heavy (non-hydrogen) atoms. The van der Waals surface area contributed by atoms with Gasteiger partial charge in [0.1, 0.15) is 6.29 Å². The number of nitrogens with zero attached hydrogens (tertiary/aromatic N) is 1. The molecule has 0 aliphatic heterocycles. The van der Waals surface area contributed by atoms with E-state index in [9.17, 15) is 18.0 Å². The Bertz CT molecular complexity index is 305. The first-order valence-electron chi connectivity index (χ1n) is 4.00. The standard InChI is InChI=1S/C9H8F3NO/c10-9(11,12)7-3-4-8(13-6-7)2-1-5-14/h3-6H,1-2H2. The molecule has 0 aromatic carbocycles. The molecular weight excluding hydrogens is 195 g/mol. The van der Waals surface area contributed by atoms with Gasteiger partial charge in [-0.25, -0.2) is 0 Å². The minimum atomic E-state index is -4.35. The smallest absolute Gasteiger partial charge is 0.303 e. The number of carbonyl (C=O) groups is 1. The lowest BCUT2D eigenvalue weighted by molar-refractivity contribution is -0.137. The second-order valence-corrected chi connectivity index (χ2v) is 2.74. The van der Waals surface area contributed by atoms with Crippen LogP contribution < -0.4 is 0 Å². The highest BCUT2D eigenvalue weighted by Crippen LogP contribution is 2.28. The summed E-state index contributed by atoms with van der Waals surface area (Å²) in [4.78, 5) is 13.6. The zero-order valence-corrected chi connectivity index (χ0v) is 7.21. The van der Waals surface area contributed by atoms with E-state index in [-0.39, 0.29) is 6.42 Å². The van der Waals surface area contributed by atoms with E-state index in [1.165, 1.54) is 6.07 Å². The van der Waals surface area contributed by atoms with Gasteiger partial charge < -0.3 is 4.79 Å². The molecular formula is C9H8F3NO. The molecule has 0 unspecified atom stereocenters. The van der Waals surface area contributed by atoms with Crippen LogP contribution in [0.15, 0.2) is 18.3 Å². The minimum Gasteiger partial charge on any atom is -0.303 e. The van der Waals surface area contributed by atoms with E-state index >= 15 is 0 Å². The van der Waals surface area contributed by atoms with Gasteiger partial charge in [-0.15, -0.1) is 0 Å². The predicted molar refractivity (Wildman–Crippen MR) is 43.6 cm³/mol. The van der Waals surface area contributed by atoms with Crippen molar-refractivity contribution in [2.75, 3.05) is 0 Å². The fourth-order valence-electron chi connectivity index (χ4n) is 0.947. The molecule has 0 atom stereocenters. The number of halogens is 3. The molecule has 5 heteroatoms. The summed E-state index contributed by atoms with van der Waals surface area (Å²) in [6.07, 6.45) is -2.21. The predicted octanol–water partition coefficient (Wildman–Crippen LogP) is 2.23. The van der Waals surface area contributed by atoms with Crippen LogP contribution in [0.4, 0.5) is 13.2 Å². The average Bonchev–Trinajstić information content (AvgIpc) is 2.14. The van der Waals surface area contributed by atoms with Crippen LogP contribution in [0.25, 0.3) is 0 Å². The maximum atomic E-state index is 12.1. The number of alkyl halides is 3. The fraction of sp³-hybridized carbons (Fsp3) is 0.333. The van der Waals surface area contributed by atoms with Gasteiger partial charge in [0.25, 0.3) is 0 Å². The molecule has 2 nitrogen and oxygen atoms in total. The number of carbonyl (C=O) groups excluding carboxylic acids is 1. The van der Waals surface area contributed by atoms with Gasteiger partial charge in [-0.2, -0.15) is 13.2 Å². The Hall–Kier alpha value is -1.39. The van der Waals surface area contributed by atoms with Crippen LogP contribution in [-0.2, 0) is 17.4 Å². The molecule has 0 N–H and O–H groups in total. The highest BCUT2D eigenvalue weighted by Gasteiger charge is 2.30. The van der Waals surface area contributed by atoms with E-state index in [4.69, 9.17) is 0 Å². The summed E-state index contributed by atoms with van der Waals surface area (Å²) in [5, 5.41) is 0. The zero-order valence-electron chi connectivity index (χ0n) is 7.21. The van der Waals surface area contributed by atoms with E-state index in [2.05, 4.69) is 4.98 Å². The Balaban J connectivity index is 2.73. The molecule has 0 saturated heterocycles. The molecule has 0 radical (unpaired) electrons. The summed E-state index contributed by atoms with van der Waals surface area (Å²) < 4.78 is 36.2. The van der Waals surface area contributed by atoms with Gasteiger partial charge in [0, 0.05) is 18.3 Å². The van der Waals surface area contributed by atoms with E-state index in [1.807, 2.05) is 0 Å². The Labute approximate surface area is 78.8 Å². The number of hydrogen-bond donors (Lipinski definition) is 0. The molecule has 0 aliphatic rings. The van der Waals surface area contributed by atoms with Crippen LogP contribution in [0, 0.1) is 0 Å². The molecule has 0 saturated carbocycles. The third-order valence-electron chi connectivity index (χ3n) is 1.67. The Morgan fingerprint density at radius 3 is 2.50 bits per heavy atom. The van der Waals surface area contributed by atoms with Gasteiger partial charge in [0.05, 0.1) is 5.56 Å². The Kier molecular flexibility index (Phi) is 3.22. The zero-order chi connectivity index (χ0) is 10.6. The normalized spacial score (nSPS) is 11.4. The van der Waals surface area contributed by atoms with E-state index < -0.39 is 11.7 Å². The summed E-state index contributed by atoms with van der Waals surface area (Å²) >= 11 is 0. The SMILES string of the molecule is O=CCCc1ccc(C(F)(F)F)cn1. The van der Waals surface area contributed by atoms with Crippen molar-refractivity contribution < 1.29 is 18.0 Å². The molecule has 1 aromatic rings. The van der Waals surface area contributed by atoms with E-state index in [0.717, 1.165) is 12.3 Å². The van der Waals surface area contributed by atoms with Crippen molar-refractivity contribution in [2.24, 2.45) is 0 Å². The van der Waals surface area contributed by atoms with Crippen molar-refractivity contribution in [1.82, 2.24) is 4.98 Å². The third kappa shape index (κ3) is 2.83. The molecule has 1 rings (SSSR count). The summed E-state index contributed by atoms with van der Waals surface area (Å²) in [5.41, 5.74) is -0.280. The maximum Gasteiger partial charge on any atom is 0.417 e. The lowest BCUT2D eigenvalue weighted by Crippen LogP contribution is -2.05. The molecule has 0 amide bonds. The fourth-order valence-corrected chi connectivity index (χ4v) is 0.947. The summed E-state index contributed by atoms with van der Waals surface area (Å²) in [6, 6.07) is 2.25. The Morgan fingerprint density at radius 2 is 2.07 bits per heavy atom. The summed E-state index contributed by atoms with van der Waals surface area (Å²) in [6.45, 7) is 0. The molecule has 1 heterocycles. The minimum absolute atomic E-state index is 0.276. The molecule has 0 fully saturated rings. The van der Waals surface area contributed by atoms with Gasteiger partial charge in [0.2, 0.25) is 0 Å². The van der Waals surface area contributed by atoms with Gasteiger partial charge in [0.15, 0.2) is 0 Å². The van der Waals surface area contributed by atoms with Crippen molar-refractivity contribution in [3.63, 3.8) is 0 Å². The lowest BCUT2D eigenvalue weighted by atomic mass is 10.2. The highest BCUT2D eigenvalue weighted by atomic mass is 19.4. The summed E-state index contributed by atoms with van der Waals surface area (Å²) in [7, 11) is 0. The van der Waals surface area contributed by atoms with Gasteiger partial charge in [-0.3, -0.25) is 4.98 Å². The third-order valence-corrected chi connectivity index (χ3v) is 1.67. The van der Waals surface area contributed by atoms with Crippen molar-refractivity contribution in [2.45, 2.75) is 19.0 Å². The first kappa shape index (κ1) is 10.7. The largest absolute Gasteiger partial charge is 0.417 e. The second kappa shape index (κ2) is 4.21. The van der Waals surface area contributed by atoms with Crippen LogP contribution in [0.3, 0.4) is 0 Å². The van der Waals surface area contributed by atoms with Crippen molar-refractivity contribution in [1.29, 1.82) is 0 Å². The topological polar surface area (TPSA) is 30.0 Å². The lowest BCUT2D eigenvalue weighted by Gasteiger charge is -2.05. The first-order chi connectivity index (χ1) is 6.54.